The third-order valence-electron chi connectivity index (χ3n) is 4.75. The normalized spacial score (nSPS) is 22.5. The number of cyclic esters (lactones) is 1. The molecule has 1 aromatic heterocycles. The van der Waals surface area contributed by atoms with Crippen LogP contribution in [0.4, 0.5) is 9.18 Å². The number of alkyl carbamates (subject to hydrolysis) is 1. The summed E-state index contributed by atoms with van der Waals surface area (Å²) in [5.74, 6) is 6.41. The second-order valence-corrected chi connectivity index (χ2v) is 6.67. The summed E-state index contributed by atoms with van der Waals surface area (Å²) in [6.45, 7) is 1.50. The van der Waals surface area contributed by atoms with Gasteiger partial charge in [-0.1, -0.05) is 24.0 Å². The second kappa shape index (κ2) is 7.77. The van der Waals surface area contributed by atoms with Crippen molar-refractivity contribution in [3.63, 3.8) is 0 Å². The van der Waals surface area contributed by atoms with Crippen molar-refractivity contribution in [3.8, 4) is 11.8 Å². The lowest BCUT2D eigenvalue weighted by atomic mass is 9.96. The Kier molecular flexibility index (Phi) is 5.03. The minimum absolute atomic E-state index is 0.331. The number of nitrogens with one attached hydrogen (secondary N) is 1. The predicted octanol–water partition coefficient (Wildman–Crippen LogP) is 3.52. The number of nitrogens with zero attached hydrogens (tertiary/aromatic N) is 1. The van der Waals surface area contributed by atoms with Crippen LogP contribution in [0.1, 0.15) is 41.7 Å². The number of aromatic nitrogens is 1. The van der Waals surface area contributed by atoms with Crippen LogP contribution in [0.3, 0.4) is 0 Å². The van der Waals surface area contributed by atoms with Crippen molar-refractivity contribution in [2.45, 2.75) is 25.0 Å². The monoisotopic (exact) mass is 366 g/mol. The first-order valence-corrected chi connectivity index (χ1v) is 8.96. The highest BCUT2D eigenvalue weighted by Gasteiger charge is 2.36. The van der Waals surface area contributed by atoms with Gasteiger partial charge in [-0.05, 0) is 42.2 Å². The van der Waals surface area contributed by atoms with Gasteiger partial charge in [0.25, 0.3) is 0 Å². The SMILES string of the molecule is O=C1N[C@H](c2cncc(C#CC3CCOCC3)c2)[C@@H](c2cccc(F)c2)O1. The van der Waals surface area contributed by atoms with Gasteiger partial charge in [-0.15, -0.1) is 0 Å². The van der Waals surface area contributed by atoms with Gasteiger partial charge in [-0.3, -0.25) is 4.98 Å². The molecule has 2 saturated heterocycles. The number of amides is 1. The molecule has 2 aromatic rings. The van der Waals surface area contributed by atoms with E-state index in [1.165, 1.54) is 12.1 Å². The minimum atomic E-state index is -0.617. The first kappa shape index (κ1) is 17.5. The van der Waals surface area contributed by atoms with Crippen molar-refractivity contribution in [1.29, 1.82) is 0 Å². The lowest BCUT2D eigenvalue weighted by molar-refractivity contribution is 0.0807. The van der Waals surface area contributed by atoms with E-state index in [1.807, 2.05) is 6.07 Å². The quantitative estimate of drug-likeness (QED) is 0.826. The average molecular weight is 366 g/mol. The van der Waals surface area contributed by atoms with Crippen molar-refractivity contribution in [2.75, 3.05) is 13.2 Å². The van der Waals surface area contributed by atoms with E-state index >= 15 is 0 Å². The molecule has 1 aromatic carbocycles. The zero-order valence-corrected chi connectivity index (χ0v) is 14.7. The number of hydrogen-bond donors (Lipinski definition) is 1. The van der Waals surface area contributed by atoms with Crippen molar-refractivity contribution >= 4 is 6.09 Å². The largest absolute Gasteiger partial charge is 0.439 e. The maximum Gasteiger partial charge on any atom is 0.408 e. The van der Waals surface area contributed by atoms with Crippen LogP contribution in [-0.2, 0) is 9.47 Å². The van der Waals surface area contributed by atoms with Crippen LogP contribution in [0.15, 0.2) is 42.7 Å². The molecule has 0 bridgehead atoms. The van der Waals surface area contributed by atoms with Crippen LogP contribution in [-0.4, -0.2) is 24.3 Å². The molecular formula is C21H19FN2O3. The Morgan fingerprint density at radius 2 is 2.00 bits per heavy atom. The zero-order chi connectivity index (χ0) is 18.6. The van der Waals surface area contributed by atoms with Gasteiger partial charge in [0.1, 0.15) is 11.9 Å². The smallest absolute Gasteiger partial charge is 0.408 e. The number of pyridine rings is 1. The van der Waals surface area contributed by atoms with Crippen molar-refractivity contribution < 1.29 is 18.7 Å². The molecule has 2 aliphatic rings. The molecule has 4 rings (SSSR count). The molecule has 1 amide bonds. The first-order chi connectivity index (χ1) is 13.2. The van der Waals surface area contributed by atoms with Gasteiger partial charge in [-0.25, -0.2) is 9.18 Å². The second-order valence-electron chi connectivity index (χ2n) is 6.67. The Balaban J connectivity index is 1.58. The number of benzene rings is 1. The summed E-state index contributed by atoms with van der Waals surface area (Å²) in [6.07, 6.45) is 4.10. The van der Waals surface area contributed by atoms with Gasteiger partial charge in [0.15, 0.2) is 6.10 Å². The Morgan fingerprint density at radius 3 is 2.81 bits per heavy atom. The molecular weight excluding hydrogens is 347 g/mol. The molecule has 2 fully saturated rings. The Hall–Kier alpha value is -2.91. The van der Waals surface area contributed by atoms with E-state index in [2.05, 4.69) is 22.1 Å². The molecule has 5 nitrogen and oxygen atoms in total. The standard InChI is InChI=1S/C21H19FN2O3/c22-18-3-1-2-16(11-18)20-19(24-21(25)27-20)17-10-15(12-23-13-17)5-4-14-6-8-26-9-7-14/h1-3,10-14,19-20H,6-9H2,(H,24,25)/t19-,20-/m1/s1. The van der Waals surface area contributed by atoms with Gasteiger partial charge in [0.2, 0.25) is 0 Å². The molecule has 27 heavy (non-hydrogen) atoms. The van der Waals surface area contributed by atoms with E-state index in [4.69, 9.17) is 9.47 Å². The van der Waals surface area contributed by atoms with Crippen molar-refractivity contribution in [3.05, 3.63) is 65.2 Å². The fourth-order valence-corrected chi connectivity index (χ4v) is 3.35. The fourth-order valence-electron chi connectivity index (χ4n) is 3.35. The zero-order valence-electron chi connectivity index (χ0n) is 14.7. The first-order valence-electron chi connectivity index (χ1n) is 8.96. The molecule has 1 N–H and O–H groups in total. The van der Waals surface area contributed by atoms with Crippen LogP contribution < -0.4 is 5.32 Å². The van der Waals surface area contributed by atoms with E-state index in [9.17, 15) is 9.18 Å². The Morgan fingerprint density at radius 1 is 1.15 bits per heavy atom. The van der Waals surface area contributed by atoms with Crippen LogP contribution in [0.25, 0.3) is 0 Å². The van der Waals surface area contributed by atoms with Gasteiger partial charge in [0, 0.05) is 37.1 Å². The van der Waals surface area contributed by atoms with Gasteiger partial charge in [0.05, 0.1) is 0 Å². The van der Waals surface area contributed by atoms with Gasteiger partial charge in [-0.2, -0.15) is 0 Å². The van der Waals surface area contributed by atoms with Crippen LogP contribution >= 0.6 is 0 Å². The molecule has 0 radical (unpaired) electrons. The molecule has 0 saturated carbocycles. The van der Waals surface area contributed by atoms with E-state index in [0.29, 0.717) is 11.5 Å². The van der Waals surface area contributed by atoms with E-state index in [1.54, 1.807) is 24.5 Å². The van der Waals surface area contributed by atoms with Crippen LogP contribution in [0, 0.1) is 23.6 Å². The van der Waals surface area contributed by atoms with Crippen molar-refractivity contribution in [2.24, 2.45) is 5.92 Å². The number of ether oxygens (including phenoxy) is 2. The number of carbonyl (C=O) groups is 1. The lowest BCUT2D eigenvalue weighted by Crippen LogP contribution is -2.20. The highest BCUT2D eigenvalue weighted by atomic mass is 19.1. The summed E-state index contributed by atoms with van der Waals surface area (Å²) in [6, 6.07) is 7.52. The van der Waals surface area contributed by atoms with E-state index in [-0.39, 0.29) is 5.82 Å². The van der Waals surface area contributed by atoms with E-state index < -0.39 is 18.2 Å². The predicted molar refractivity (Wildman–Crippen MR) is 96.2 cm³/mol. The van der Waals surface area contributed by atoms with Gasteiger partial charge >= 0.3 is 6.09 Å². The molecule has 0 aliphatic carbocycles. The molecule has 2 aliphatic heterocycles. The highest BCUT2D eigenvalue weighted by Crippen LogP contribution is 2.36. The molecule has 3 heterocycles. The summed E-state index contributed by atoms with van der Waals surface area (Å²) in [5, 5.41) is 2.78. The number of rotatable bonds is 2. The summed E-state index contributed by atoms with van der Waals surface area (Å²) in [5.41, 5.74) is 2.14. The number of carbonyl (C=O) groups excluding carboxylic acids is 1. The summed E-state index contributed by atoms with van der Waals surface area (Å²) < 4.78 is 24.3. The van der Waals surface area contributed by atoms with Crippen LogP contribution in [0.2, 0.25) is 0 Å². The van der Waals surface area contributed by atoms with Gasteiger partial charge < -0.3 is 14.8 Å². The highest BCUT2D eigenvalue weighted by molar-refractivity contribution is 5.71. The maximum absolute atomic E-state index is 13.6. The summed E-state index contributed by atoms with van der Waals surface area (Å²) >= 11 is 0. The lowest BCUT2D eigenvalue weighted by Gasteiger charge is -2.18. The molecule has 6 heteroatoms. The maximum atomic E-state index is 13.6. The topological polar surface area (TPSA) is 60.5 Å². The molecule has 2 atom stereocenters. The van der Waals surface area contributed by atoms with E-state index in [0.717, 1.165) is 37.2 Å². The molecule has 0 unspecified atom stereocenters. The third-order valence-corrected chi connectivity index (χ3v) is 4.75. The summed E-state index contributed by atoms with van der Waals surface area (Å²) in [7, 11) is 0. The number of hydrogen-bond acceptors (Lipinski definition) is 4. The Bertz CT molecular complexity index is 900. The minimum Gasteiger partial charge on any atom is -0.439 e. The molecule has 0 spiro atoms. The fraction of sp³-hybridized carbons (Fsp3) is 0.333. The third kappa shape index (κ3) is 4.09. The van der Waals surface area contributed by atoms with Crippen LogP contribution in [0.5, 0.6) is 0 Å². The van der Waals surface area contributed by atoms with Crippen molar-refractivity contribution in [1.82, 2.24) is 10.3 Å². The Labute approximate surface area is 156 Å². The molecule has 138 valence electrons. The summed E-state index contributed by atoms with van der Waals surface area (Å²) in [4.78, 5) is 16.1. The average Bonchev–Trinajstić information content (AvgIpc) is 3.09. The number of halogens is 1.